The molecule has 0 saturated heterocycles. The molecule has 6 heteroatoms. The van der Waals surface area contributed by atoms with Gasteiger partial charge >= 0.3 is 0 Å². The smallest absolute Gasteiger partial charge is 0.175 e. The molecule has 0 aromatic heterocycles. The average Bonchev–Trinajstić information content (AvgIpc) is 2.59. The van der Waals surface area contributed by atoms with Gasteiger partial charge in [0.25, 0.3) is 0 Å². The lowest BCUT2D eigenvalue weighted by Crippen LogP contribution is -2.38. The van der Waals surface area contributed by atoms with Gasteiger partial charge in [0.1, 0.15) is 6.67 Å². The Bertz CT molecular complexity index is 748. The lowest BCUT2D eigenvalue weighted by Gasteiger charge is -2.26. The van der Waals surface area contributed by atoms with Crippen molar-refractivity contribution < 1.29 is 17.9 Å². The molecule has 2 N–H and O–H groups in total. The van der Waals surface area contributed by atoms with Crippen LogP contribution in [-0.2, 0) is 9.84 Å². The topological polar surface area (TPSA) is 66.4 Å². The number of hydrogen-bond acceptors (Lipinski definition) is 4. The SMILES string of the molecule is C[C@@H](N[C@H](CF)[C@H](O)c1ccc(S(C)(=O)=O)cc1)c1ccccc1. The first-order valence-corrected chi connectivity index (χ1v) is 9.57. The van der Waals surface area contributed by atoms with Crippen molar-refractivity contribution in [3.8, 4) is 0 Å². The molecular formula is C18H22FNO3S. The van der Waals surface area contributed by atoms with E-state index in [1.807, 2.05) is 37.3 Å². The highest BCUT2D eigenvalue weighted by atomic mass is 32.2. The van der Waals surface area contributed by atoms with E-state index in [-0.39, 0.29) is 10.9 Å². The van der Waals surface area contributed by atoms with Crippen LogP contribution in [0, 0.1) is 0 Å². The maximum Gasteiger partial charge on any atom is 0.175 e. The average molecular weight is 351 g/mol. The monoisotopic (exact) mass is 351 g/mol. The van der Waals surface area contributed by atoms with E-state index in [4.69, 9.17) is 0 Å². The van der Waals surface area contributed by atoms with Crippen LogP contribution in [-0.4, -0.2) is 32.5 Å². The Balaban J connectivity index is 2.12. The van der Waals surface area contributed by atoms with E-state index in [1.165, 1.54) is 24.3 Å². The van der Waals surface area contributed by atoms with Crippen molar-refractivity contribution in [3.05, 3.63) is 65.7 Å². The summed E-state index contributed by atoms with van der Waals surface area (Å²) in [6.07, 6.45) is 0.0427. The second-order valence-corrected chi connectivity index (χ2v) is 7.86. The minimum Gasteiger partial charge on any atom is -0.387 e. The van der Waals surface area contributed by atoms with E-state index in [2.05, 4.69) is 5.32 Å². The quantitative estimate of drug-likeness (QED) is 0.805. The summed E-state index contributed by atoms with van der Waals surface area (Å²) < 4.78 is 36.4. The van der Waals surface area contributed by atoms with Gasteiger partial charge in [-0.1, -0.05) is 42.5 Å². The van der Waals surface area contributed by atoms with Crippen LogP contribution in [0.2, 0.25) is 0 Å². The molecule has 0 aliphatic rings. The summed E-state index contributed by atoms with van der Waals surface area (Å²) in [6.45, 7) is 1.16. The highest BCUT2D eigenvalue weighted by Crippen LogP contribution is 2.22. The lowest BCUT2D eigenvalue weighted by atomic mass is 10.0. The van der Waals surface area contributed by atoms with Crippen LogP contribution in [0.4, 0.5) is 4.39 Å². The predicted octanol–water partition coefficient (Wildman–Crippen LogP) is 2.81. The molecule has 0 aliphatic heterocycles. The molecule has 0 fully saturated rings. The summed E-state index contributed by atoms with van der Waals surface area (Å²) in [5.41, 5.74) is 1.47. The summed E-state index contributed by atoms with van der Waals surface area (Å²) in [7, 11) is -3.30. The Morgan fingerprint density at radius 3 is 2.12 bits per heavy atom. The molecule has 130 valence electrons. The maximum atomic E-state index is 13.4. The fourth-order valence-electron chi connectivity index (χ4n) is 2.52. The van der Waals surface area contributed by atoms with Gasteiger partial charge < -0.3 is 10.4 Å². The zero-order chi connectivity index (χ0) is 17.7. The van der Waals surface area contributed by atoms with Crippen LogP contribution in [0.1, 0.15) is 30.2 Å². The number of rotatable bonds is 7. The fraction of sp³-hybridized carbons (Fsp3) is 0.333. The number of sulfone groups is 1. The fourth-order valence-corrected chi connectivity index (χ4v) is 3.15. The Morgan fingerprint density at radius 1 is 1.04 bits per heavy atom. The number of aliphatic hydroxyl groups is 1. The molecule has 0 aliphatic carbocycles. The highest BCUT2D eigenvalue weighted by molar-refractivity contribution is 7.90. The van der Waals surface area contributed by atoms with Crippen molar-refractivity contribution in [2.75, 3.05) is 12.9 Å². The summed E-state index contributed by atoms with van der Waals surface area (Å²) in [4.78, 5) is 0.167. The second kappa shape index (κ2) is 7.88. The Kier molecular flexibility index (Phi) is 6.10. The zero-order valence-corrected chi connectivity index (χ0v) is 14.5. The molecule has 0 amide bonds. The standard InChI is InChI=1S/C18H22FNO3S/c1-13(14-6-4-3-5-7-14)20-17(12-19)18(21)15-8-10-16(11-9-15)24(2,22)23/h3-11,13,17-18,20-21H,12H2,1-2H3/t13-,17-,18-/m1/s1. The number of benzene rings is 2. The maximum absolute atomic E-state index is 13.4. The van der Waals surface area contributed by atoms with E-state index in [0.717, 1.165) is 11.8 Å². The van der Waals surface area contributed by atoms with E-state index >= 15 is 0 Å². The third-order valence-corrected chi connectivity index (χ3v) is 5.09. The molecule has 0 bridgehead atoms. The molecule has 0 radical (unpaired) electrons. The molecule has 0 spiro atoms. The molecule has 0 unspecified atom stereocenters. The van der Waals surface area contributed by atoms with Gasteiger partial charge in [-0.2, -0.15) is 0 Å². The Morgan fingerprint density at radius 2 is 1.62 bits per heavy atom. The van der Waals surface area contributed by atoms with Gasteiger partial charge in [-0.3, -0.25) is 0 Å². The number of hydrogen-bond donors (Lipinski definition) is 2. The highest BCUT2D eigenvalue weighted by Gasteiger charge is 2.23. The normalized spacial score (nSPS) is 15.7. The minimum absolute atomic E-state index is 0.128. The van der Waals surface area contributed by atoms with Crippen LogP contribution in [0.25, 0.3) is 0 Å². The van der Waals surface area contributed by atoms with E-state index in [0.29, 0.717) is 5.56 Å². The molecule has 2 rings (SSSR count). The van der Waals surface area contributed by atoms with Crippen molar-refractivity contribution in [3.63, 3.8) is 0 Å². The van der Waals surface area contributed by atoms with Gasteiger partial charge in [0.2, 0.25) is 0 Å². The third kappa shape index (κ3) is 4.63. The number of nitrogens with one attached hydrogen (secondary N) is 1. The van der Waals surface area contributed by atoms with Gasteiger partial charge in [0.05, 0.1) is 17.0 Å². The van der Waals surface area contributed by atoms with Gasteiger partial charge in [-0.05, 0) is 30.2 Å². The minimum atomic E-state index is -3.30. The molecule has 24 heavy (non-hydrogen) atoms. The molecule has 2 aromatic carbocycles. The van der Waals surface area contributed by atoms with E-state index < -0.39 is 28.7 Å². The van der Waals surface area contributed by atoms with E-state index in [9.17, 15) is 17.9 Å². The predicted molar refractivity (Wildman–Crippen MR) is 92.3 cm³/mol. The molecule has 0 saturated carbocycles. The van der Waals surface area contributed by atoms with E-state index in [1.54, 1.807) is 0 Å². The van der Waals surface area contributed by atoms with Crippen LogP contribution in [0.15, 0.2) is 59.5 Å². The lowest BCUT2D eigenvalue weighted by molar-refractivity contribution is 0.107. The second-order valence-electron chi connectivity index (χ2n) is 5.85. The van der Waals surface area contributed by atoms with Gasteiger partial charge in [0.15, 0.2) is 9.84 Å². The number of alkyl halides is 1. The summed E-state index contributed by atoms with van der Waals surface area (Å²) in [5, 5.41) is 13.5. The molecule has 0 heterocycles. The van der Waals surface area contributed by atoms with Crippen molar-refractivity contribution in [1.29, 1.82) is 0 Å². The number of halogens is 1. The van der Waals surface area contributed by atoms with Crippen molar-refractivity contribution in [2.45, 2.75) is 30.0 Å². The van der Waals surface area contributed by atoms with Crippen LogP contribution < -0.4 is 5.32 Å². The summed E-state index contributed by atoms with van der Waals surface area (Å²) in [6, 6.07) is 14.5. The van der Waals surface area contributed by atoms with Crippen molar-refractivity contribution in [2.24, 2.45) is 0 Å². The van der Waals surface area contributed by atoms with Gasteiger partial charge in [0, 0.05) is 12.3 Å². The van der Waals surface area contributed by atoms with Crippen LogP contribution in [0.5, 0.6) is 0 Å². The Hall–Kier alpha value is -1.76. The molecule has 3 atom stereocenters. The molecule has 2 aromatic rings. The van der Waals surface area contributed by atoms with Gasteiger partial charge in [-0.15, -0.1) is 0 Å². The first kappa shape index (κ1) is 18.6. The summed E-state index contributed by atoms with van der Waals surface area (Å²) in [5.74, 6) is 0. The third-order valence-electron chi connectivity index (χ3n) is 3.96. The Labute approximate surface area is 142 Å². The molecular weight excluding hydrogens is 329 g/mol. The first-order valence-electron chi connectivity index (χ1n) is 7.68. The van der Waals surface area contributed by atoms with Crippen LogP contribution >= 0.6 is 0 Å². The van der Waals surface area contributed by atoms with Crippen LogP contribution in [0.3, 0.4) is 0 Å². The molecule has 4 nitrogen and oxygen atoms in total. The number of aliphatic hydroxyl groups excluding tert-OH is 1. The largest absolute Gasteiger partial charge is 0.387 e. The van der Waals surface area contributed by atoms with Crippen molar-refractivity contribution >= 4 is 9.84 Å². The summed E-state index contributed by atoms with van der Waals surface area (Å²) >= 11 is 0. The zero-order valence-electron chi connectivity index (χ0n) is 13.7. The first-order chi connectivity index (χ1) is 11.3. The van der Waals surface area contributed by atoms with Gasteiger partial charge in [-0.25, -0.2) is 12.8 Å². The van der Waals surface area contributed by atoms with Crippen molar-refractivity contribution in [1.82, 2.24) is 5.32 Å².